The summed E-state index contributed by atoms with van der Waals surface area (Å²) in [5.41, 5.74) is 1.80. The molecule has 0 aromatic heterocycles. The lowest BCUT2D eigenvalue weighted by Gasteiger charge is -2.09. The Morgan fingerprint density at radius 3 is 2.55 bits per heavy atom. The summed E-state index contributed by atoms with van der Waals surface area (Å²) in [6.45, 7) is 2.17. The fourth-order valence-corrected chi connectivity index (χ4v) is 5.50. The summed E-state index contributed by atoms with van der Waals surface area (Å²) in [6.07, 6.45) is 1.69. The largest absolute Gasteiger partial charge is 0.506 e. The van der Waals surface area contributed by atoms with E-state index >= 15 is 0 Å². The first-order chi connectivity index (χ1) is 18.3. The molecule has 0 aliphatic carbocycles. The molecule has 3 aromatic carbocycles. The van der Waals surface area contributed by atoms with Gasteiger partial charge in [0.05, 0.1) is 26.6 Å². The van der Waals surface area contributed by atoms with E-state index in [1.807, 2.05) is 42.5 Å². The summed E-state index contributed by atoms with van der Waals surface area (Å²) >= 11 is 12.9. The number of hydrogen-bond donors (Lipinski definition) is 1. The van der Waals surface area contributed by atoms with E-state index in [1.165, 1.54) is 0 Å². The van der Waals surface area contributed by atoms with Crippen molar-refractivity contribution in [2.75, 3.05) is 6.61 Å². The maximum Gasteiger partial charge on any atom is 0.344 e. The van der Waals surface area contributed by atoms with Gasteiger partial charge >= 0.3 is 5.97 Å². The molecule has 3 aromatic rings. The zero-order chi connectivity index (χ0) is 27.2. The standard InChI is InChI=1S/C28H20BrClINO5S/c1-2-36-28(35)24-25(33)23(38-27(24)32-26(34)19-5-3-4-6-21(19)30)14-17-9-12-22(20(29)13-17)37-15-16-7-10-18(31)11-8-16/h3-14,33H,2,15H2,1H3/b23-14-,32-27?. The van der Waals surface area contributed by atoms with Gasteiger partial charge in [-0.25, -0.2) is 9.79 Å². The number of rotatable bonds is 7. The predicted octanol–water partition coefficient (Wildman–Crippen LogP) is 7.99. The van der Waals surface area contributed by atoms with Crippen molar-refractivity contribution < 1.29 is 24.2 Å². The Morgan fingerprint density at radius 1 is 1.13 bits per heavy atom. The van der Waals surface area contributed by atoms with Crippen LogP contribution in [0.2, 0.25) is 5.02 Å². The van der Waals surface area contributed by atoms with Gasteiger partial charge in [-0.2, -0.15) is 0 Å². The monoisotopic (exact) mass is 723 g/mol. The van der Waals surface area contributed by atoms with Crippen molar-refractivity contribution in [3.05, 3.63) is 113 Å². The zero-order valence-electron chi connectivity index (χ0n) is 19.9. The fourth-order valence-electron chi connectivity index (χ4n) is 3.40. The summed E-state index contributed by atoms with van der Waals surface area (Å²) in [6, 6.07) is 20.0. The van der Waals surface area contributed by atoms with Crippen LogP contribution in [0.1, 0.15) is 28.4 Å². The number of hydrogen-bond acceptors (Lipinski definition) is 6. The quantitative estimate of drug-likeness (QED) is 0.197. The smallest absolute Gasteiger partial charge is 0.344 e. The molecule has 0 bridgehead atoms. The van der Waals surface area contributed by atoms with Crippen LogP contribution in [0.5, 0.6) is 5.75 Å². The van der Waals surface area contributed by atoms with Crippen molar-refractivity contribution in [1.29, 1.82) is 0 Å². The lowest BCUT2D eigenvalue weighted by Crippen LogP contribution is -2.14. The molecule has 1 amide bonds. The summed E-state index contributed by atoms with van der Waals surface area (Å²) in [4.78, 5) is 29.9. The molecule has 0 saturated carbocycles. The second-order valence-corrected chi connectivity index (χ2v) is 11.4. The first-order valence-corrected chi connectivity index (χ1v) is 14.4. The molecule has 0 saturated heterocycles. The molecule has 1 heterocycles. The van der Waals surface area contributed by atoms with Gasteiger partial charge in [0, 0.05) is 3.57 Å². The average molecular weight is 725 g/mol. The third kappa shape index (κ3) is 6.88. The molecular weight excluding hydrogens is 705 g/mol. The number of ether oxygens (including phenoxy) is 2. The van der Waals surface area contributed by atoms with Crippen LogP contribution in [0.25, 0.3) is 6.08 Å². The topological polar surface area (TPSA) is 85.2 Å². The van der Waals surface area contributed by atoms with E-state index in [-0.39, 0.29) is 33.6 Å². The van der Waals surface area contributed by atoms with Crippen LogP contribution in [0, 0.1) is 3.57 Å². The third-order valence-corrected chi connectivity index (χ3v) is 7.93. The van der Waals surface area contributed by atoms with E-state index in [1.54, 1.807) is 37.3 Å². The Hall–Kier alpha value is -2.60. The number of carbonyl (C=O) groups excluding carboxylic acids is 2. The second-order valence-electron chi connectivity index (χ2n) is 7.86. The summed E-state index contributed by atoms with van der Waals surface area (Å²) in [7, 11) is 0. The summed E-state index contributed by atoms with van der Waals surface area (Å²) in [5.74, 6) is -1.06. The maximum atomic E-state index is 12.8. The van der Waals surface area contributed by atoms with Crippen molar-refractivity contribution in [2.24, 2.45) is 4.99 Å². The molecule has 1 N–H and O–H groups in total. The lowest BCUT2D eigenvalue weighted by molar-refractivity contribution is -0.138. The van der Waals surface area contributed by atoms with E-state index in [4.69, 9.17) is 21.1 Å². The van der Waals surface area contributed by atoms with E-state index in [2.05, 4.69) is 43.5 Å². The molecule has 10 heteroatoms. The number of thioether (sulfide) groups is 1. The number of aliphatic hydroxyl groups is 1. The minimum Gasteiger partial charge on any atom is -0.506 e. The highest BCUT2D eigenvalue weighted by Crippen LogP contribution is 2.40. The van der Waals surface area contributed by atoms with Gasteiger partial charge < -0.3 is 14.6 Å². The average Bonchev–Trinajstić information content (AvgIpc) is 3.19. The molecule has 0 radical (unpaired) electrons. The normalized spacial score (nSPS) is 15.3. The third-order valence-electron chi connectivity index (χ3n) is 5.24. The highest BCUT2D eigenvalue weighted by Gasteiger charge is 2.34. The van der Waals surface area contributed by atoms with Crippen LogP contribution >= 0.6 is 61.9 Å². The molecular formula is C28H20BrClINO5S. The molecule has 4 rings (SSSR count). The van der Waals surface area contributed by atoms with Crippen LogP contribution in [-0.4, -0.2) is 28.6 Å². The number of aliphatic hydroxyl groups excluding tert-OH is 1. The SMILES string of the molecule is CCOC(=O)C1=C(O)/C(=C/c2ccc(OCc3ccc(I)cc3)c(Br)c2)SC1=NC(=O)c1ccccc1Cl. The minimum atomic E-state index is -0.771. The fraction of sp³-hybridized carbons (Fsp3) is 0.107. The first-order valence-electron chi connectivity index (χ1n) is 11.3. The lowest BCUT2D eigenvalue weighted by atomic mass is 10.1. The van der Waals surface area contributed by atoms with Gasteiger partial charge in [0.1, 0.15) is 28.7 Å². The highest BCUT2D eigenvalue weighted by molar-refractivity contribution is 14.1. The van der Waals surface area contributed by atoms with E-state index in [0.717, 1.165) is 30.9 Å². The number of amides is 1. The van der Waals surface area contributed by atoms with Crippen LogP contribution in [0.15, 0.2) is 92.4 Å². The van der Waals surface area contributed by atoms with Gasteiger partial charge in [-0.15, -0.1) is 0 Å². The maximum absolute atomic E-state index is 12.8. The molecule has 0 spiro atoms. The van der Waals surface area contributed by atoms with Gasteiger partial charge in [-0.05, 0) is 99.0 Å². The number of aliphatic imine (C=N–C) groups is 1. The molecule has 0 fully saturated rings. The number of nitrogens with zero attached hydrogens (tertiary/aromatic N) is 1. The molecule has 194 valence electrons. The van der Waals surface area contributed by atoms with Crippen LogP contribution in [-0.2, 0) is 16.1 Å². The van der Waals surface area contributed by atoms with E-state index in [0.29, 0.717) is 17.3 Å². The van der Waals surface area contributed by atoms with E-state index in [9.17, 15) is 14.7 Å². The van der Waals surface area contributed by atoms with Gasteiger partial charge in [-0.3, -0.25) is 4.79 Å². The van der Waals surface area contributed by atoms with E-state index < -0.39 is 11.9 Å². The minimum absolute atomic E-state index is 0.0358. The van der Waals surface area contributed by atoms with Crippen LogP contribution < -0.4 is 4.74 Å². The Kier molecular flexibility index (Phi) is 9.69. The van der Waals surface area contributed by atoms with Gasteiger partial charge in [-0.1, -0.05) is 53.7 Å². The molecule has 38 heavy (non-hydrogen) atoms. The van der Waals surface area contributed by atoms with Crippen molar-refractivity contribution >= 4 is 84.9 Å². The number of esters is 1. The van der Waals surface area contributed by atoms with Gasteiger partial charge in [0.2, 0.25) is 0 Å². The Labute approximate surface area is 251 Å². The summed E-state index contributed by atoms with van der Waals surface area (Å²) < 4.78 is 12.9. The molecule has 6 nitrogen and oxygen atoms in total. The Morgan fingerprint density at radius 2 is 1.87 bits per heavy atom. The van der Waals surface area contributed by atoms with Crippen LogP contribution in [0.3, 0.4) is 0 Å². The molecule has 1 aliphatic rings. The zero-order valence-corrected chi connectivity index (χ0v) is 25.2. The number of halogens is 3. The Bertz CT molecular complexity index is 1490. The second kappa shape index (κ2) is 13.0. The van der Waals surface area contributed by atoms with Crippen molar-refractivity contribution in [2.45, 2.75) is 13.5 Å². The Balaban J connectivity index is 1.59. The van der Waals surface area contributed by atoms with Crippen molar-refractivity contribution in [1.82, 2.24) is 0 Å². The van der Waals surface area contributed by atoms with Crippen molar-refractivity contribution in [3.63, 3.8) is 0 Å². The highest BCUT2D eigenvalue weighted by atomic mass is 127. The van der Waals surface area contributed by atoms with Gasteiger partial charge in [0.15, 0.2) is 0 Å². The molecule has 0 atom stereocenters. The first kappa shape index (κ1) is 28.4. The summed E-state index contributed by atoms with van der Waals surface area (Å²) in [5, 5.41) is 11.2. The van der Waals surface area contributed by atoms with Gasteiger partial charge in [0.25, 0.3) is 5.91 Å². The molecule has 0 unspecified atom stereocenters. The number of benzene rings is 3. The number of carbonyl (C=O) groups is 2. The van der Waals surface area contributed by atoms with Crippen molar-refractivity contribution in [3.8, 4) is 5.75 Å². The molecule has 1 aliphatic heterocycles. The predicted molar refractivity (Wildman–Crippen MR) is 163 cm³/mol. The van der Waals surface area contributed by atoms with Crippen LogP contribution in [0.4, 0.5) is 0 Å².